The summed E-state index contributed by atoms with van der Waals surface area (Å²) in [5, 5.41) is 7.22. The number of aliphatic imine (C=N–C) groups is 1. The summed E-state index contributed by atoms with van der Waals surface area (Å²) in [6.07, 6.45) is -0.0232. The number of nitrogens with one attached hydrogen (secondary N) is 2. The van der Waals surface area contributed by atoms with Crippen LogP contribution in [0.4, 0.5) is 5.82 Å². The molecule has 1 aromatic carbocycles. The Bertz CT molecular complexity index is 724. The first-order valence-corrected chi connectivity index (χ1v) is 8.85. The van der Waals surface area contributed by atoms with Crippen LogP contribution in [0.1, 0.15) is 12.6 Å². The molecule has 2 aromatic rings. The summed E-state index contributed by atoms with van der Waals surface area (Å²) in [6, 6.07) is 13.3. The van der Waals surface area contributed by atoms with E-state index < -0.39 is 0 Å². The molecule has 1 unspecified atom stereocenters. The van der Waals surface area contributed by atoms with Crippen molar-refractivity contribution < 1.29 is 4.74 Å². The molecule has 2 N–H and O–H groups in total. The highest BCUT2D eigenvalue weighted by Gasteiger charge is 2.07. The highest BCUT2D eigenvalue weighted by Crippen LogP contribution is 2.16. The van der Waals surface area contributed by atoms with Crippen molar-refractivity contribution in [1.29, 1.82) is 0 Å². The lowest BCUT2D eigenvalue weighted by molar-refractivity contribution is 0.224. The van der Waals surface area contributed by atoms with E-state index in [4.69, 9.17) is 16.3 Å². The van der Waals surface area contributed by atoms with Crippen molar-refractivity contribution in [1.82, 2.24) is 15.6 Å². The van der Waals surface area contributed by atoms with Gasteiger partial charge in [0.15, 0.2) is 5.96 Å². The van der Waals surface area contributed by atoms with Gasteiger partial charge in [0.1, 0.15) is 17.7 Å². The first-order chi connectivity index (χ1) is 12.5. The van der Waals surface area contributed by atoms with Crippen molar-refractivity contribution in [3.8, 4) is 5.75 Å². The topological polar surface area (TPSA) is 61.8 Å². The Morgan fingerprint density at radius 2 is 1.89 bits per heavy atom. The number of aromatic nitrogens is 1. The van der Waals surface area contributed by atoms with Gasteiger partial charge in [-0.05, 0) is 43.3 Å². The van der Waals surface area contributed by atoms with E-state index in [1.54, 1.807) is 7.05 Å². The Morgan fingerprint density at radius 1 is 1.19 bits per heavy atom. The van der Waals surface area contributed by atoms with E-state index in [1.807, 2.05) is 68.4 Å². The number of hydrogen-bond acceptors (Lipinski definition) is 4. The average molecular weight is 504 g/mol. The molecule has 0 radical (unpaired) electrons. The summed E-state index contributed by atoms with van der Waals surface area (Å²) in [5.74, 6) is 2.42. The third-order valence-electron chi connectivity index (χ3n) is 3.62. The maximum atomic E-state index is 5.88. The molecule has 1 atom stereocenters. The minimum absolute atomic E-state index is 0. The Balaban J connectivity index is 0.00000364. The van der Waals surface area contributed by atoms with Gasteiger partial charge in [-0.3, -0.25) is 4.99 Å². The fourth-order valence-corrected chi connectivity index (χ4v) is 2.36. The van der Waals surface area contributed by atoms with Crippen LogP contribution in [0.5, 0.6) is 5.75 Å². The van der Waals surface area contributed by atoms with E-state index in [2.05, 4.69) is 20.6 Å². The van der Waals surface area contributed by atoms with Gasteiger partial charge in [0.25, 0.3) is 0 Å². The number of ether oxygens (including phenoxy) is 1. The SMILES string of the molecule is CN=C(NCc1cccc(N(C)C)n1)NCC(C)Oc1ccc(Cl)cc1.I. The molecular weight excluding hydrogens is 477 g/mol. The minimum Gasteiger partial charge on any atom is -0.489 e. The number of benzene rings is 1. The van der Waals surface area contributed by atoms with Crippen molar-refractivity contribution in [2.24, 2.45) is 4.99 Å². The molecule has 1 aromatic heterocycles. The molecule has 0 saturated heterocycles. The van der Waals surface area contributed by atoms with Crippen LogP contribution in [0, 0.1) is 0 Å². The molecule has 0 fully saturated rings. The Hall–Kier alpha value is -1.74. The van der Waals surface area contributed by atoms with Gasteiger partial charge in [-0.25, -0.2) is 4.98 Å². The van der Waals surface area contributed by atoms with E-state index in [0.29, 0.717) is 24.1 Å². The van der Waals surface area contributed by atoms with E-state index in [0.717, 1.165) is 17.3 Å². The lowest BCUT2D eigenvalue weighted by Crippen LogP contribution is -2.41. The van der Waals surface area contributed by atoms with Crippen LogP contribution in [0.3, 0.4) is 0 Å². The summed E-state index contributed by atoms with van der Waals surface area (Å²) < 4.78 is 5.85. The highest BCUT2D eigenvalue weighted by molar-refractivity contribution is 14.0. The van der Waals surface area contributed by atoms with E-state index in [9.17, 15) is 0 Å². The van der Waals surface area contributed by atoms with Gasteiger partial charge in [0.2, 0.25) is 0 Å². The molecule has 27 heavy (non-hydrogen) atoms. The highest BCUT2D eigenvalue weighted by atomic mass is 127. The smallest absolute Gasteiger partial charge is 0.191 e. The summed E-state index contributed by atoms with van der Waals surface area (Å²) in [7, 11) is 5.69. The third-order valence-corrected chi connectivity index (χ3v) is 3.87. The van der Waals surface area contributed by atoms with Crippen molar-refractivity contribution in [3.63, 3.8) is 0 Å². The zero-order chi connectivity index (χ0) is 18.9. The van der Waals surface area contributed by atoms with Gasteiger partial charge < -0.3 is 20.3 Å². The molecule has 2 rings (SSSR count). The molecule has 0 saturated carbocycles. The molecule has 1 heterocycles. The Morgan fingerprint density at radius 3 is 2.52 bits per heavy atom. The van der Waals surface area contributed by atoms with Gasteiger partial charge >= 0.3 is 0 Å². The fraction of sp³-hybridized carbons (Fsp3) is 0.368. The van der Waals surface area contributed by atoms with Crippen LogP contribution in [0.2, 0.25) is 5.02 Å². The number of guanidine groups is 1. The number of halogens is 2. The van der Waals surface area contributed by atoms with Crippen molar-refractivity contribution in [2.75, 3.05) is 32.6 Å². The largest absolute Gasteiger partial charge is 0.489 e. The van der Waals surface area contributed by atoms with Gasteiger partial charge in [0.05, 0.1) is 18.8 Å². The molecule has 148 valence electrons. The molecule has 6 nitrogen and oxygen atoms in total. The van der Waals surface area contributed by atoms with Crippen LogP contribution >= 0.6 is 35.6 Å². The first kappa shape index (κ1) is 23.3. The Labute approximate surface area is 183 Å². The zero-order valence-electron chi connectivity index (χ0n) is 16.1. The number of pyridine rings is 1. The van der Waals surface area contributed by atoms with Gasteiger partial charge in [-0.1, -0.05) is 17.7 Å². The van der Waals surface area contributed by atoms with Crippen LogP contribution in [0.15, 0.2) is 47.5 Å². The normalized spacial score (nSPS) is 12.0. The first-order valence-electron chi connectivity index (χ1n) is 8.48. The van der Waals surface area contributed by atoms with E-state index >= 15 is 0 Å². The minimum atomic E-state index is -0.0232. The second kappa shape index (κ2) is 11.9. The molecule has 8 heteroatoms. The molecule has 0 spiro atoms. The number of rotatable bonds is 7. The second-order valence-electron chi connectivity index (χ2n) is 6.07. The lowest BCUT2D eigenvalue weighted by atomic mass is 10.3. The number of nitrogens with zero attached hydrogens (tertiary/aromatic N) is 3. The maximum Gasteiger partial charge on any atom is 0.191 e. The quantitative estimate of drug-likeness (QED) is 0.344. The van der Waals surface area contributed by atoms with Crippen molar-refractivity contribution in [2.45, 2.75) is 19.6 Å². The summed E-state index contributed by atoms with van der Waals surface area (Å²) in [4.78, 5) is 10.8. The second-order valence-corrected chi connectivity index (χ2v) is 6.51. The van der Waals surface area contributed by atoms with Gasteiger partial charge in [0, 0.05) is 26.2 Å². The van der Waals surface area contributed by atoms with Crippen LogP contribution < -0.4 is 20.3 Å². The molecular formula is C19H27ClIN5O. The third kappa shape index (κ3) is 8.21. The Kier molecular flexibility index (Phi) is 10.2. The standard InChI is InChI=1S/C19H26ClN5O.HI/c1-14(26-17-10-8-15(20)9-11-17)12-22-19(21-2)23-13-16-6-5-7-18(24-16)25(3)4;/h5-11,14H,12-13H2,1-4H3,(H2,21,22,23);1H. The lowest BCUT2D eigenvalue weighted by Gasteiger charge is -2.18. The van der Waals surface area contributed by atoms with E-state index in [-0.39, 0.29) is 30.1 Å². The monoisotopic (exact) mass is 503 g/mol. The molecule has 0 aliphatic carbocycles. The number of anilines is 1. The van der Waals surface area contributed by atoms with Gasteiger partial charge in [-0.15, -0.1) is 24.0 Å². The van der Waals surface area contributed by atoms with Crippen LogP contribution in [-0.2, 0) is 6.54 Å². The molecule has 0 amide bonds. The summed E-state index contributed by atoms with van der Waals surface area (Å²) in [6.45, 7) is 3.21. The molecule has 0 aliphatic rings. The van der Waals surface area contributed by atoms with Gasteiger partial charge in [-0.2, -0.15) is 0 Å². The number of hydrogen-bond donors (Lipinski definition) is 2. The van der Waals surface area contributed by atoms with Crippen molar-refractivity contribution in [3.05, 3.63) is 53.2 Å². The van der Waals surface area contributed by atoms with E-state index in [1.165, 1.54) is 0 Å². The molecule has 0 bridgehead atoms. The van der Waals surface area contributed by atoms with Crippen molar-refractivity contribution >= 4 is 47.4 Å². The van der Waals surface area contributed by atoms with Crippen LogP contribution in [0.25, 0.3) is 0 Å². The molecule has 0 aliphatic heterocycles. The fourth-order valence-electron chi connectivity index (χ4n) is 2.24. The average Bonchev–Trinajstić information content (AvgIpc) is 2.64. The predicted octanol–water partition coefficient (Wildman–Crippen LogP) is 3.55. The predicted molar refractivity (Wildman–Crippen MR) is 124 cm³/mol. The zero-order valence-corrected chi connectivity index (χ0v) is 19.2. The summed E-state index contributed by atoms with van der Waals surface area (Å²) in [5.41, 5.74) is 0.949. The van der Waals surface area contributed by atoms with Crippen LogP contribution in [-0.4, -0.2) is 44.7 Å². The summed E-state index contributed by atoms with van der Waals surface area (Å²) >= 11 is 5.88. The maximum absolute atomic E-state index is 5.88.